The fourth-order valence-electron chi connectivity index (χ4n) is 1.47. The van der Waals surface area contributed by atoms with Gasteiger partial charge in [-0.05, 0) is 6.07 Å². The summed E-state index contributed by atoms with van der Waals surface area (Å²) in [7, 11) is 0. The number of amides is 2. The normalized spacial score (nSPS) is 15.0. The molecule has 1 aromatic carbocycles. The highest BCUT2D eigenvalue weighted by Crippen LogP contribution is 2.43. The molecule has 84 valence electrons. The summed E-state index contributed by atoms with van der Waals surface area (Å²) in [5.74, 6) is -0.993. The van der Waals surface area contributed by atoms with Crippen LogP contribution in [0.15, 0.2) is 17.0 Å². The second-order valence-electron chi connectivity index (χ2n) is 3.17. The van der Waals surface area contributed by atoms with Gasteiger partial charge in [-0.15, -0.1) is 12.6 Å². The van der Waals surface area contributed by atoms with E-state index in [1.807, 2.05) is 0 Å². The molecular weight excluding hydrogens is 293 g/mol. The van der Waals surface area contributed by atoms with Crippen LogP contribution in [0.1, 0.15) is 26.3 Å². The number of nitrogens with one attached hydrogen (secondary N) is 1. The topological polar surface area (TPSA) is 46.2 Å². The predicted molar refractivity (Wildman–Crippen MR) is 64.7 cm³/mol. The van der Waals surface area contributed by atoms with Crippen LogP contribution in [-0.4, -0.2) is 11.8 Å². The maximum atomic E-state index is 11.5. The van der Waals surface area contributed by atoms with E-state index >= 15 is 0 Å². The van der Waals surface area contributed by atoms with Crippen LogP contribution in [0.2, 0.25) is 0 Å². The Morgan fingerprint density at radius 3 is 2.31 bits per heavy atom. The van der Waals surface area contributed by atoms with Crippen LogP contribution >= 0.6 is 47.4 Å². The zero-order valence-corrected chi connectivity index (χ0v) is 10.7. The van der Waals surface area contributed by atoms with Crippen molar-refractivity contribution in [2.45, 2.75) is 8.69 Å². The molecule has 0 unspecified atom stereocenters. The van der Waals surface area contributed by atoms with Crippen molar-refractivity contribution in [3.63, 3.8) is 0 Å². The van der Waals surface area contributed by atoms with Gasteiger partial charge in [0.25, 0.3) is 11.8 Å². The minimum atomic E-state index is -1.68. The van der Waals surface area contributed by atoms with Crippen LogP contribution in [0.3, 0.4) is 0 Å². The van der Waals surface area contributed by atoms with Crippen molar-refractivity contribution >= 4 is 59.2 Å². The van der Waals surface area contributed by atoms with Crippen molar-refractivity contribution in [1.82, 2.24) is 5.32 Å². The number of imide groups is 1. The number of halogens is 3. The van der Waals surface area contributed by atoms with E-state index < -0.39 is 15.6 Å². The van der Waals surface area contributed by atoms with E-state index in [1.54, 1.807) is 0 Å². The fraction of sp³-hybridized carbons (Fsp3) is 0.111. The third-order valence-electron chi connectivity index (χ3n) is 2.18. The van der Waals surface area contributed by atoms with Crippen LogP contribution in [0.25, 0.3) is 0 Å². The van der Waals surface area contributed by atoms with Gasteiger partial charge in [-0.2, -0.15) is 0 Å². The van der Waals surface area contributed by atoms with Crippen LogP contribution < -0.4 is 5.32 Å². The van der Waals surface area contributed by atoms with Crippen molar-refractivity contribution in [2.24, 2.45) is 0 Å². The summed E-state index contributed by atoms with van der Waals surface area (Å²) in [4.78, 5) is 23.0. The third-order valence-corrected chi connectivity index (χ3v) is 3.26. The summed E-state index contributed by atoms with van der Waals surface area (Å²) in [6.07, 6.45) is 0. The molecule has 1 heterocycles. The molecule has 0 saturated carbocycles. The van der Waals surface area contributed by atoms with E-state index in [1.165, 1.54) is 12.1 Å². The lowest BCUT2D eigenvalue weighted by Gasteiger charge is -2.15. The monoisotopic (exact) mass is 295 g/mol. The number of rotatable bonds is 0. The minimum absolute atomic E-state index is 0.150. The van der Waals surface area contributed by atoms with Gasteiger partial charge < -0.3 is 0 Å². The molecule has 1 N–H and O–H groups in total. The molecule has 1 aliphatic rings. The SMILES string of the molecule is O=C1NC(=O)c2c1ccc(C(Cl)(Cl)Cl)c2S. The first-order valence-corrected chi connectivity index (χ1v) is 5.69. The summed E-state index contributed by atoms with van der Waals surface area (Å²) in [6.45, 7) is 0. The van der Waals surface area contributed by atoms with Crippen molar-refractivity contribution in [3.8, 4) is 0 Å². The molecule has 0 aliphatic carbocycles. The first-order valence-electron chi connectivity index (χ1n) is 4.11. The van der Waals surface area contributed by atoms with Gasteiger partial charge in [0.15, 0.2) is 0 Å². The average molecular weight is 297 g/mol. The third kappa shape index (κ3) is 1.80. The molecule has 3 nitrogen and oxygen atoms in total. The molecule has 0 saturated heterocycles. The molecular formula is C9H4Cl3NO2S. The summed E-state index contributed by atoms with van der Waals surface area (Å²) in [5.41, 5.74) is 0.662. The number of benzene rings is 1. The Morgan fingerprint density at radius 2 is 1.75 bits per heavy atom. The molecule has 2 rings (SSSR count). The van der Waals surface area contributed by atoms with E-state index in [0.717, 1.165) is 0 Å². The van der Waals surface area contributed by atoms with E-state index in [9.17, 15) is 9.59 Å². The highest BCUT2D eigenvalue weighted by molar-refractivity contribution is 7.80. The lowest BCUT2D eigenvalue weighted by Crippen LogP contribution is -2.20. The zero-order chi connectivity index (χ0) is 12.1. The molecule has 1 aromatic rings. The molecule has 0 atom stereocenters. The lowest BCUT2D eigenvalue weighted by atomic mass is 10.1. The molecule has 0 aromatic heterocycles. The number of hydrogen-bond acceptors (Lipinski definition) is 3. The number of carbonyl (C=O) groups excluding carboxylic acids is 2. The largest absolute Gasteiger partial charge is 0.288 e. The van der Waals surface area contributed by atoms with Gasteiger partial charge in [0.2, 0.25) is 3.79 Å². The Balaban J connectivity index is 2.71. The van der Waals surface area contributed by atoms with E-state index in [-0.39, 0.29) is 21.6 Å². The van der Waals surface area contributed by atoms with Crippen molar-refractivity contribution in [2.75, 3.05) is 0 Å². The van der Waals surface area contributed by atoms with Crippen molar-refractivity contribution in [3.05, 3.63) is 28.8 Å². The van der Waals surface area contributed by atoms with Gasteiger partial charge in [0.1, 0.15) is 0 Å². The Labute approximate surface area is 111 Å². The van der Waals surface area contributed by atoms with Gasteiger partial charge in [-0.25, -0.2) is 0 Å². The molecule has 0 radical (unpaired) electrons. The first kappa shape index (κ1) is 12.0. The number of alkyl halides is 3. The number of carbonyl (C=O) groups is 2. The van der Waals surface area contributed by atoms with Crippen LogP contribution in [0.5, 0.6) is 0 Å². The number of thiol groups is 1. The van der Waals surface area contributed by atoms with E-state index in [0.29, 0.717) is 0 Å². The Kier molecular flexibility index (Phi) is 2.87. The summed E-state index contributed by atoms with van der Waals surface area (Å²) >= 11 is 21.3. The Hall–Kier alpha value is -0.420. The second-order valence-corrected chi connectivity index (χ2v) is 5.89. The molecule has 16 heavy (non-hydrogen) atoms. The van der Waals surface area contributed by atoms with E-state index in [2.05, 4.69) is 17.9 Å². The average Bonchev–Trinajstić information content (AvgIpc) is 2.41. The van der Waals surface area contributed by atoms with Crippen LogP contribution in [0, 0.1) is 0 Å². The summed E-state index contributed by atoms with van der Waals surface area (Å²) in [6, 6.07) is 2.90. The minimum Gasteiger partial charge on any atom is -0.288 e. The quantitative estimate of drug-likeness (QED) is 0.439. The zero-order valence-electron chi connectivity index (χ0n) is 7.55. The molecule has 0 bridgehead atoms. The number of fused-ring (bicyclic) bond motifs is 1. The summed E-state index contributed by atoms with van der Waals surface area (Å²) in [5, 5.41) is 2.15. The predicted octanol–water partition coefficient (Wildman–Crippen LogP) is 2.69. The Morgan fingerprint density at radius 1 is 1.12 bits per heavy atom. The standard InChI is InChI=1S/C9H4Cl3NO2S/c10-9(11,12)4-2-1-3-5(6(4)16)8(15)13-7(3)14/h1-2,16H,(H,13,14,15). The molecule has 0 spiro atoms. The van der Waals surface area contributed by atoms with Gasteiger partial charge in [0.05, 0.1) is 11.1 Å². The van der Waals surface area contributed by atoms with Gasteiger partial charge in [-0.1, -0.05) is 40.9 Å². The summed E-state index contributed by atoms with van der Waals surface area (Å²) < 4.78 is -1.68. The van der Waals surface area contributed by atoms with Gasteiger partial charge >= 0.3 is 0 Å². The van der Waals surface area contributed by atoms with Crippen molar-refractivity contribution < 1.29 is 9.59 Å². The lowest BCUT2D eigenvalue weighted by molar-refractivity contribution is 0.0879. The van der Waals surface area contributed by atoms with Crippen LogP contribution in [0.4, 0.5) is 0 Å². The van der Waals surface area contributed by atoms with Gasteiger partial charge in [-0.3, -0.25) is 14.9 Å². The maximum absolute atomic E-state index is 11.5. The van der Waals surface area contributed by atoms with Crippen molar-refractivity contribution in [1.29, 1.82) is 0 Å². The van der Waals surface area contributed by atoms with Gasteiger partial charge in [0, 0.05) is 10.5 Å². The maximum Gasteiger partial charge on any atom is 0.260 e. The fourth-order valence-corrected chi connectivity index (χ4v) is 2.61. The molecule has 0 fully saturated rings. The van der Waals surface area contributed by atoms with Crippen LogP contribution in [-0.2, 0) is 3.79 Å². The Bertz CT molecular complexity index is 510. The smallest absolute Gasteiger partial charge is 0.260 e. The molecule has 2 amide bonds. The highest BCUT2D eigenvalue weighted by atomic mass is 35.6. The second kappa shape index (κ2) is 3.81. The highest BCUT2D eigenvalue weighted by Gasteiger charge is 2.34. The molecule has 7 heteroatoms. The van der Waals surface area contributed by atoms with E-state index in [4.69, 9.17) is 34.8 Å². The molecule has 1 aliphatic heterocycles. The number of hydrogen-bond donors (Lipinski definition) is 2. The first-order chi connectivity index (χ1) is 7.32.